The standard InChI is InChI=1S/C25H39NO4/c1-25(2,3)30-24(27)26-16-23(15-14-20-10-6-4-7-11-20)29-19-22(26)18-28-17-21-12-8-5-9-13-21/h5,8-9,12-13,20,22-23H,4,6-7,10-11,14-19H2,1-3H3. The molecular weight excluding hydrogens is 378 g/mol. The molecule has 0 aromatic heterocycles. The van der Waals surface area contributed by atoms with Crippen molar-refractivity contribution in [1.82, 2.24) is 4.90 Å². The summed E-state index contributed by atoms with van der Waals surface area (Å²) in [5, 5.41) is 0. The zero-order valence-corrected chi connectivity index (χ0v) is 19.0. The second kappa shape index (κ2) is 11.1. The van der Waals surface area contributed by atoms with E-state index < -0.39 is 5.60 Å². The van der Waals surface area contributed by atoms with Gasteiger partial charge in [0.15, 0.2) is 0 Å². The molecule has 0 N–H and O–H groups in total. The Labute approximate surface area is 182 Å². The SMILES string of the molecule is CC(C)(C)OC(=O)N1CC(CCC2CCCCC2)OCC1COCc1ccccc1. The number of benzene rings is 1. The van der Waals surface area contributed by atoms with Crippen molar-refractivity contribution in [3.63, 3.8) is 0 Å². The van der Waals surface area contributed by atoms with Crippen LogP contribution < -0.4 is 0 Å². The van der Waals surface area contributed by atoms with Crippen LogP contribution in [0, 0.1) is 5.92 Å². The Morgan fingerprint density at radius 1 is 1.10 bits per heavy atom. The fourth-order valence-electron chi connectivity index (χ4n) is 4.40. The van der Waals surface area contributed by atoms with Gasteiger partial charge in [-0.2, -0.15) is 0 Å². The first-order chi connectivity index (χ1) is 14.4. The van der Waals surface area contributed by atoms with Crippen molar-refractivity contribution < 1.29 is 19.0 Å². The maximum Gasteiger partial charge on any atom is 0.410 e. The summed E-state index contributed by atoms with van der Waals surface area (Å²) in [4.78, 5) is 14.7. The second-order valence-electron chi connectivity index (χ2n) is 9.82. The number of hydrogen-bond donors (Lipinski definition) is 0. The number of carbonyl (C=O) groups excluding carboxylic acids is 1. The van der Waals surface area contributed by atoms with Gasteiger partial charge in [0, 0.05) is 0 Å². The molecule has 0 spiro atoms. The summed E-state index contributed by atoms with van der Waals surface area (Å²) in [5.74, 6) is 0.823. The van der Waals surface area contributed by atoms with Crippen LogP contribution in [-0.2, 0) is 20.8 Å². The lowest BCUT2D eigenvalue weighted by molar-refractivity contribution is -0.0923. The third-order valence-electron chi connectivity index (χ3n) is 6.04. The first kappa shape index (κ1) is 23.1. The smallest absolute Gasteiger partial charge is 0.410 e. The maximum atomic E-state index is 12.9. The van der Waals surface area contributed by atoms with Gasteiger partial charge in [0.25, 0.3) is 0 Å². The Morgan fingerprint density at radius 3 is 2.53 bits per heavy atom. The fraction of sp³-hybridized carbons (Fsp3) is 0.720. The molecule has 1 heterocycles. The molecule has 2 fully saturated rings. The second-order valence-corrected chi connectivity index (χ2v) is 9.82. The lowest BCUT2D eigenvalue weighted by Gasteiger charge is -2.40. The number of nitrogens with zero attached hydrogens (tertiary/aromatic N) is 1. The minimum atomic E-state index is -0.511. The van der Waals surface area contributed by atoms with E-state index in [0.29, 0.717) is 26.4 Å². The molecule has 1 aromatic rings. The van der Waals surface area contributed by atoms with Gasteiger partial charge in [0.1, 0.15) is 5.60 Å². The van der Waals surface area contributed by atoms with Crippen LogP contribution in [-0.4, -0.2) is 48.5 Å². The minimum Gasteiger partial charge on any atom is -0.444 e. The topological polar surface area (TPSA) is 48.0 Å². The van der Waals surface area contributed by atoms with Gasteiger partial charge in [-0.3, -0.25) is 4.90 Å². The molecule has 2 aliphatic rings. The Balaban J connectivity index is 1.53. The van der Waals surface area contributed by atoms with Crippen LogP contribution in [0.4, 0.5) is 4.79 Å². The highest BCUT2D eigenvalue weighted by Crippen LogP contribution is 2.29. The van der Waals surface area contributed by atoms with Gasteiger partial charge in [-0.15, -0.1) is 0 Å². The largest absolute Gasteiger partial charge is 0.444 e. The number of morpholine rings is 1. The third-order valence-corrected chi connectivity index (χ3v) is 6.04. The molecule has 2 unspecified atom stereocenters. The highest BCUT2D eigenvalue weighted by Gasteiger charge is 2.35. The molecule has 0 radical (unpaired) electrons. The van der Waals surface area contributed by atoms with Gasteiger partial charge in [-0.05, 0) is 45.1 Å². The maximum absolute atomic E-state index is 12.9. The van der Waals surface area contributed by atoms with Crippen molar-refractivity contribution in [2.45, 2.75) is 90.1 Å². The zero-order chi connectivity index (χ0) is 21.4. The molecule has 0 bridgehead atoms. The number of hydrogen-bond acceptors (Lipinski definition) is 4. The molecular formula is C25H39NO4. The van der Waals surface area contributed by atoms with Crippen molar-refractivity contribution in [2.75, 3.05) is 19.8 Å². The third kappa shape index (κ3) is 7.59. The molecule has 168 valence electrons. The number of carbonyl (C=O) groups is 1. The summed E-state index contributed by atoms with van der Waals surface area (Å²) in [7, 11) is 0. The summed E-state index contributed by atoms with van der Waals surface area (Å²) in [6.45, 7) is 7.80. The Hall–Kier alpha value is -1.59. The number of ether oxygens (including phenoxy) is 3. The van der Waals surface area contributed by atoms with E-state index >= 15 is 0 Å². The normalized spacial score (nSPS) is 23.4. The van der Waals surface area contributed by atoms with Crippen LogP contribution in [0.5, 0.6) is 0 Å². The van der Waals surface area contributed by atoms with Crippen LogP contribution in [0.1, 0.15) is 71.3 Å². The molecule has 1 amide bonds. The lowest BCUT2D eigenvalue weighted by Crippen LogP contribution is -2.55. The van der Waals surface area contributed by atoms with Crippen molar-refractivity contribution in [1.29, 1.82) is 0 Å². The van der Waals surface area contributed by atoms with Crippen molar-refractivity contribution in [3.8, 4) is 0 Å². The molecule has 1 aliphatic heterocycles. The molecule has 1 aliphatic carbocycles. The van der Waals surface area contributed by atoms with Crippen molar-refractivity contribution in [3.05, 3.63) is 35.9 Å². The Bertz CT molecular complexity index is 636. The van der Waals surface area contributed by atoms with Crippen LogP contribution in [0.25, 0.3) is 0 Å². The quantitative estimate of drug-likeness (QED) is 0.582. The summed E-state index contributed by atoms with van der Waals surface area (Å²) in [5.41, 5.74) is 0.617. The fourth-order valence-corrected chi connectivity index (χ4v) is 4.40. The van der Waals surface area contributed by atoms with Crippen LogP contribution in [0.3, 0.4) is 0 Å². The van der Waals surface area contributed by atoms with E-state index in [1.54, 1.807) is 0 Å². The molecule has 1 saturated carbocycles. The van der Waals surface area contributed by atoms with Gasteiger partial charge in [0.05, 0.1) is 38.5 Å². The van der Waals surface area contributed by atoms with Crippen LogP contribution >= 0.6 is 0 Å². The predicted molar refractivity (Wildman–Crippen MR) is 118 cm³/mol. The number of rotatable bonds is 7. The van der Waals surface area contributed by atoms with E-state index in [4.69, 9.17) is 14.2 Å². The van der Waals surface area contributed by atoms with Crippen LogP contribution in [0.2, 0.25) is 0 Å². The summed E-state index contributed by atoms with van der Waals surface area (Å²) in [6.07, 6.45) is 8.84. The highest BCUT2D eigenvalue weighted by molar-refractivity contribution is 5.68. The zero-order valence-electron chi connectivity index (χ0n) is 19.0. The van der Waals surface area contributed by atoms with E-state index in [9.17, 15) is 4.79 Å². The molecule has 2 atom stereocenters. The summed E-state index contributed by atoms with van der Waals surface area (Å²) >= 11 is 0. The van der Waals surface area contributed by atoms with Gasteiger partial charge in [-0.1, -0.05) is 62.4 Å². The van der Waals surface area contributed by atoms with E-state index in [1.165, 1.54) is 38.5 Å². The average Bonchev–Trinajstić information content (AvgIpc) is 2.73. The van der Waals surface area contributed by atoms with E-state index in [-0.39, 0.29) is 18.2 Å². The monoisotopic (exact) mass is 417 g/mol. The van der Waals surface area contributed by atoms with Gasteiger partial charge in [-0.25, -0.2) is 4.79 Å². The molecule has 3 rings (SSSR count). The van der Waals surface area contributed by atoms with E-state index in [1.807, 2.05) is 56.0 Å². The molecule has 5 nitrogen and oxygen atoms in total. The predicted octanol–water partition coefficient (Wildman–Crippen LogP) is 5.57. The summed E-state index contributed by atoms with van der Waals surface area (Å²) < 4.78 is 17.8. The molecule has 5 heteroatoms. The van der Waals surface area contributed by atoms with Gasteiger partial charge >= 0.3 is 6.09 Å². The van der Waals surface area contributed by atoms with Gasteiger partial charge in [0.2, 0.25) is 0 Å². The molecule has 30 heavy (non-hydrogen) atoms. The first-order valence-electron chi connectivity index (χ1n) is 11.6. The summed E-state index contributed by atoms with van der Waals surface area (Å²) in [6, 6.07) is 9.98. The number of amides is 1. The van der Waals surface area contributed by atoms with Gasteiger partial charge < -0.3 is 14.2 Å². The minimum absolute atomic E-state index is 0.0878. The van der Waals surface area contributed by atoms with E-state index in [2.05, 4.69) is 0 Å². The van der Waals surface area contributed by atoms with Crippen molar-refractivity contribution >= 4 is 6.09 Å². The highest BCUT2D eigenvalue weighted by atomic mass is 16.6. The molecule has 1 aromatic carbocycles. The lowest BCUT2D eigenvalue weighted by atomic mass is 9.85. The average molecular weight is 418 g/mol. The molecule has 1 saturated heterocycles. The van der Waals surface area contributed by atoms with Crippen LogP contribution in [0.15, 0.2) is 30.3 Å². The van der Waals surface area contributed by atoms with Crippen molar-refractivity contribution in [2.24, 2.45) is 5.92 Å². The Morgan fingerprint density at radius 2 is 1.83 bits per heavy atom. The Kier molecular flexibility index (Phi) is 8.58. The first-order valence-corrected chi connectivity index (χ1v) is 11.6. The van der Waals surface area contributed by atoms with E-state index in [0.717, 1.165) is 17.9 Å².